The first-order chi connectivity index (χ1) is 16.4. The molecule has 4 aliphatic rings. The summed E-state index contributed by atoms with van der Waals surface area (Å²) in [7, 11) is 0. The molecule has 1 saturated heterocycles. The summed E-state index contributed by atoms with van der Waals surface area (Å²) in [6.07, 6.45) is 24.9. The van der Waals surface area contributed by atoms with Crippen LogP contribution in [-0.2, 0) is 4.79 Å². The van der Waals surface area contributed by atoms with Gasteiger partial charge in [0.05, 0.1) is 5.76 Å². The number of nitrogens with zero attached hydrogens (tertiary/aromatic N) is 1. The summed E-state index contributed by atoms with van der Waals surface area (Å²) in [5, 5.41) is 19.2. The lowest BCUT2D eigenvalue weighted by Crippen LogP contribution is -2.25. The average Bonchev–Trinajstić information content (AvgIpc) is 3.57. The van der Waals surface area contributed by atoms with Crippen LogP contribution in [0.3, 0.4) is 0 Å². The molecule has 1 heterocycles. The lowest BCUT2D eigenvalue weighted by molar-refractivity contribution is -0.136. The first-order valence-electron chi connectivity index (χ1n) is 12.9. The Hall–Kier alpha value is -2.59. The Labute approximate surface area is 204 Å². The molecule has 0 aromatic heterocycles. The lowest BCUT2D eigenvalue weighted by Gasteiger charge is -2.26. The van der Waals surface area contributed by atoms with E-state index in [1.807, 2.05) is 6.08 Å². The first kappa shape index (κ1) is 24.5. The highest BCUT2D eigenvalue weighted by Crippen LogP contribution is 2.39. The first-order valence-corrected chi connectivity index (χ1v) is 12.9. The molecule has 4 nitrogen and oxygen atoms in total. The van der Waals surface area contributed by atoms with Crippen LogP contribution >= 0.6 is 0 Å². The van der Waals surface area contributed by atoms with Crippen molar-refractivity contribution < 1.29 is 15.0 Å². The second-order valence-corrected chi connectivity index (χ2v) is 10.2. The molecular weight excluding hydrogens is 422 g/mol. The van der Waals surface area contributed by atoms with E-state index in [1.165, 1.54) is 37.9 Å². The van der Waals surface area contributed by atoms with Crippen LogP contribution in [0.5, 0.6) is 0 Å². The largest absolute Gasteiger partial charge is 0.513 e. The summed E-state index contributed by atoms with van der Waals surface area (Å²) in [6, 6.07) is 0.850. The molecule has 1 saturated carbocycles. The van der Waals surface area contributed by atoms with Crippen molar-refractivity contribution in [2.75, 3.05) is 13.1 Å². The second-order valence-electron chi connectivity index (χ2n) is 10.2. The van der Waals surface area contributed by atoms with Crippen LogP contribution in [0.25, 0.3) is 0 Å². The third-order valence-electron chi connectivity index (χ3n) is 7.55. The van der Waals surface area contributed by atoms with E-state index in [4.69, 9.17) is 0 Å². The van der Waals surface area contributed by atoms with Gasteiger partial charge in [-0.3, -0.25) is 4.79 Å². The van der Waals surface area contributed by atoms with E-state index in [1.54, 1.807) is 13.0 Å². The number of hydrogen-bond donors (Lipinski definition) is 2. The lowest BCUT2D eigenvalue weighted by atomic mass is 9.80. The molecule has 4 heteroatoms. The van der Waals surface area contributed by atoms with Crippen LogP contribution in [-0.4, -0.2) is 40.2 Å². The van der Waals surface area contributed by atoms with Crippen molar-refractivity contribution in [2.45, 2.75) is 71.3 Å². The minimum atomic E-state index is -0.778. The van der Waals surface area contributed by atoms with E-state index in [-0.39, 0.29) is 12.2 Å². The van der Waals surface area contributed by atoms with Gasteiger partial charge in [-0.05, 0) is 111 Å². The number of carboxylic acids is 1. The monoisotopic (exact) mass is 461 g/mol. The topological polar surface area (TPSA) is 60.8 Å². The molecule has 2 unspecified atom stereocenters. The number of carboxylic acid groups (broad SMARTS) is 1. The Morgan fingerprint density at radius 2 is 1.85 bits per heavy atom. The van der Waals surface area contributed by atoms with Crippen molar-refractivity contribution in [3.8, 4) is 0 Å². The van der Waals surface area contributed by atoms with Crippen LogP contribution in [0.15, 0.2) is 82.2 Å². The van der Waals surface area contributed by atoms with Crippen molar-refractivity contribution in [1.82, 2.24) is 4.90 Å². The summed E-state index contributed by atoms with van der Waals surface area (Å²) in [5.74, 6) is 0.792. The normalized spacial score (nSPS) is 26.9. The van der Waals surface area contributed by atoms with Gasteiger partial charge in [-0.25, -0.2) is 0 Å². The Kier molecular flexibility index (Phi) is 8.10. The van der Waals surface area contributed by atoms with Crippen LogP contribution in [0.4, 0.5) is 0 Å². The third kappa shape index (κ3) is 6.29. The van der Waals surface area contributed by atoms with E-state index >= 15 is 0 Å². The van der Waals surface area contributed by atoms with Gasteiger partial charge in [0.15, 0.2) is 0 Å². The fourth-order valence-corrected chi connectivity index (χ4v) is 5.56. The third-order valence-corrected chi connectivity index (χ3v) is 7.55. The standard InChI is InChI=1S/C30H39NO3/c1-21(8-9-22(2)32)30(28(16-17-29(33)34)24-6-4-3-5-7-24)25-12-10-23(11-13-25)26-18-19-31(20-26)27-14-15-27/h4,6-10,12-13,23,26-27,32H,3,5,11,14-20H2,1-2H3,(H,33,34)/b21-8+,22-9+,30-28-. The molecule has 0 bridgehead atoms. The maximum absolute atomic E-state index is 11.5. The molecule has 0 amide bonds. The molecule has 0 aromatic carbocycles. The van der Waals surface area contributed by atoms with Gasteiger partial charge in [-0.15, -0.1) is 0 Å². The van der Waals surface area contributed by atoms with Crippen molar-refractivity contribution >= 4 is 5.97 Å². The smallest absolute Gasteiger partial charge is 0.303 e. The van der Waals surface area contributed by atoms with Crippen molar-refractivity contribution in [3.05, 3.63) is 82.2 Å². The molecule has 3 aliphatic carbocycles. The molecule has 2 N–H and O–H groups in total. The van der Waals surface area contributed by atoms with E-state index in [0.29, 0.717) is 12.3 Å². The average molecular weight is 462 g/mol. The van der Waals surface area contributed by atoms with Crippen molar-refractivity contribution in [3.63, 3.8) is 0 Å². The zero-order valence-electron chi connectivity index (χ0n) is 20.7. The van der Waals surface area contributed by atoms with Gasteiger partial charge < -0.3 is 15.1 Å². The van der Waals surface area contributed by atoms with Gasteiger partial charge in [0, 0.05) is 19.0 Å². The maximum Gasteiger partial charge on any atom is 0.303 e. The molecule has 0 radical (unpaired) electrons. The van der Waals surface area contributed by atoms with Gasteiger partial charge in [0.25, 0.3) is 0 Å². The highest BCUT2D eigenvalue weighted by atomic mass is 16.4. The van der Waals surface area contributed by atoms with Gasteiger partial charge in [0.1, 0.15) is 0 Å². The van der Waals surface area contributed by atoms with Crippen LogP contribution in [0, 0.1) is 11.8 Å². The zero-order chi connectivity index (χ0) is 24.1. The van der Waals surface area contributed by atoms with Crippen LogP contribution in [0.1, 0.15) is 65.2 Å². The molecule has 4 rings (SSSR count). The quantitative estimate of drug-likeness (QED) is 0.292. The Balaban J connectivity index is 1.64. The molecule has 182 valence electrons. The summed E-state index contributed by atoms with van der Waals surface area (Å²) in [6.45, 7) is 6.21. The minimum absolute atomic E-state index is 0.102. The molecule has 2 atom stereocenters. The maximum atomic E-state index is 11.5. The van der Waals surface area contributed by atoms with Crippen molar-refractivity contribution in [1.29, 1.82) is 0 Å². The minimum Gasteiger partial charge on any atom is -0.513 e. The van der Waals surface area contributed by atoms with E-state index < -0.39 is 5.97 Å². The Bertz CT molecular complexity index is 996. The van der Waals surface area contributed by atoms with Gasteiger partial charge in [-0.2, -0.15) is 0 Å². The molecule has 0 aromatic rings. The van der Waals surface area contributed by atoms with Crippen LogP contribution in [0.2, 0.25) is 0 Å². The second kappa shape index (κ2) is 11.2. The SMILES string of the molecule is C\C(O)=C/C=C(C)/C(C1=CCC(C2CCN(C3CC3)C2)C=C1)=C(\CCC(=O)O)C1=CCCC=C1. The predicted octanol–water partition coefficient (Wildman–Crippen LogP) is 6.82. The predicted molar refractivity (Wildman–Crippen MR) is 139 cm³/mol. The van der Waals surface area contributed by atoms with E-state index in [2.05, 4.69) is 48.3 Å². The number of aliphatic hydroxyl groups is 1. The number of hydrogen-bond acceptors (Lipinski definition) is 3. The van der Waals surface area contributed by atoms with Gasteiger partial charge in [-0.1, -0.05) is 42.5 Å². The number of aliphatic hydroxyl groups excluding tert-OH is 1. The Morgan fingerprint density at radius 1 is 1.03 bits per heavy atom. The summed E-state index contributed by atoms with van der Waals surface area (Å²) >= 11 is 0. The number of allylic oxidation sites excluding steroid dienone is 14. The number of carbonyl (C=O) groups is 1. The zero-order valence-corrected chi connectivity index (χ0v) is 20.7. The highest BCUT2D eigenvalue weighted by Gasteiger charge is 2.36. The number of aliphatic carboxylic acids is 1. The molecule has 0 spiro atoms. The summed E-state index contributed by atoms with van der Waals surface area (Å²) in [4.78, 5) is 14.2. The summed E-state index contributed by atoms with van der Waals surface area (Å²) < 4.78 is 0. The number of likely N-dealkylation sites (tertiary alicyclic amines) is 1. The number of rotatable bonds is 9. The molecule has 34 heavy (non-hydrogen) atoms. The Morgan fingerprint density at radius 3 is 2.47 bits per heavy atom. The van der Waals surface area contributed by atoms with E-state index in [9.17, 15) is 15.0 Å². The summed E-state index contributed by atoms with van der Waals surface area (Å²) in [5.41, 5.74) is 5.55. The fourth-order valence-electron chi connectivity index (χ4n) is 5.56. The molecular formula is C30H39NO3. The fraction of sp³-hybridized carbons (Fsp3) is 0.500. The molecule has 1 aliphatic heterocycles. The molecule has 2 fully saturated rings. The highest BCUT2D eigenvalue weighted by molar-refractivity contribution is 5.69. The van der Waals surface area contributed by atoms with Crippen LogP contribution < -0.4 is 0 Å². The van der Waals surface area contributed by atoms with Gasteiger partial charge >= 0.3 is 5.97 Å². The van der Waals surface area contributed by atoms with Crippen molar-refractivity contribution in [2.24, 2.45) is 11.8 Å². The van der Waals surface area contributed by atoms with Gasteiger partial charge in [0.2, 0.25) is 0 Å². The van der Waals surface area contributed by atoms with E-state index in [0.717, 1.165) is 53.5 Å².